The van der Waals surface area contributed by atoms with Crippen molar-refractivity contribution in [1.29, 1.82) is 0 Å². The number of hydrogen-bond acceptors (Lipinski definition) is 16. The van der Waals surface area contributed by atoms with Crippen molar-refractivity contribution in [3.05, 3.63) is 91.0 Å². The van der Waals surface area contributed by atoms with Crippen LogP contribution in [0.25, 0.3) is 89.7 Å². The normalized spacial score (nSPS) is 13.0. The number of nitrogens with two attached hydrogens (primary N) is 1. The van der Waals surface area contributed by atoms with Crippen molar-refractivity contribution in [2.24, 2.45) is 5.73 Å². The molecule has 0 radical (unpaired) electrons. The van der Waals surface area contributed by atoms with Gasteiger partial charge in [-0.15, -0.1) is 0 Å². The maximum Gasteiger partial charge on any atom is 0.472 e. The van der Waals surface area contributed by atoms with Gasteiger partial charge in [-0.1, -0.05) is 176 Å². The van der Waals surface area contributed by atoms with E-state index in [0.717, 1.165) is 102 Å². The lowest BCUT2D eigenvalue weighted by Crippen LogP contribution is -2.29. The van der Waals surface area contributed by atoms with E-state index in [2.05, 4.69) is 22.2 Å². The number of ether oxygens (including phenoxy) is 3. The lowest BCUT2D eigenvalue weighted by Gasteiger charge is -2.19. The summed E-state index contributed by atoms with van der Waals surface area (Å²) in [5.41, 5.74) is 11.3. The van der Waals surface area contributed by atoms with E-state index in [0.29, 0.717) is 77.6 Å². The van der Waals surface area contributed by atoms with Gasteiger partial charge in [0.05, 0.1) is 13.2 Å². The molecule has 5 heterocycles. The first-order valence-electron chi connectivity index (χ1n) is 29.9. The quantitative estimate of drug-likeness (QED) is 0.0140. The molecule has 8 bridgehead atoms. The number of esters is 2. The highest BCUT2D eigenvalue weighted by molar-refractivity contribution is 7.47. The third-order valence-corrected chi connectivity index (χ3v) is 15.8. The number of benzene rings is 4. The number of nitrogens with zero attached hydrogens (tertiary/aromatic N) is 6. The molecule has 2 aliphatic rings. The maximum absolute atomic E-state index is 12.9. The topological polar surface area (TPSA) is 265 Å². The van der Waals surface area contributed by atoms with Crippen LogP contribution in [0, 0.1) is 0 Å². The lowest BCUT2D eigenvalue weighted by molar-refractivity contribution is -0.161. The number of carbonyl (C=O) groups is 2. The van der Waals surface area contributed by atoms with Crippen LogP contribution in [0.15, 0.2) is 91.0 Å². The number of fused-ring (bicyclic) bond motifs is 20. The van der Waals surface area contributed by atoms with Gasteiger partial charge in [-0.25, -0.2) is 34.5 Å². The summed E-state index contributed by atoms with van der Waals surface area (Å²) in [4.78, 5) is 72.9. The molecular weight excluding hydrogens is 1070 g/mol. The van der Waals surface area contributed by atoms with E-state index < -0.39 is 32.5 Å². The number of rotatable bonds is 35. The summed E-state index contributed by atoms with van der Waals surface area (Å²) in [7, 11) is -4.44. The predicted octanol–water partition coefficient (Wildman–Crippen LogP) is 13.2. The smallest absolute Gasteiger partial charge is 0.472 e. The molecule has 19 nitrogen and oxygen atoms in total. The number of aromatic amines is 2. The average Bonchev–Trinajstić information content (AvgIpc) is 4.41. The van der Waals surface area contributed by atoms with Crippen molar-refractivity contribution in [2.45, 2.75) is 141 Å². The number of aromatic nitrogens is 8. The fraction of sp³-hybridized carbons (Fsp3) is 0.460. The zero-order valence-corrected chi connectivity index (χ0v) is 48.6. The number of hydrogen-bond donors (Lipinski definition) is 5. The second-order valence-electron chi connectivity index (χ2n) is 21.2. The number of nitrogens with one attached hydrogen (secondary N) is 3. The van der Waals surface area contributed by atoms with Gasteiger partial charge in [0, 0.05) is 69.7 Å². The first-order valence-corrected chi connectivity index (χ1v) is 31.4. The molecule has 0 amide bonds. The molecule has 2 unspecified atom stereocenters. The number of phosphoric ester groups is 1. The van der Waals surface area contributed by atoms with Gasteiger partial charge in [-0.05, 0) is 44.0 Å². The summed E-state index contributed by atoms with van der Waals surface area (Å²) in [5, 5.41) is 7.09. The maximum atomic E-state index is 12.9. The van der Waals surface area contributed by atoms with E-state index in [1.807, 2.05) is 91.0 Å². The molecule has 2 aliphatic heterocycles. The molecule has 0 aliphatic carbocycles. The number of H-pyrrole nitrogens is 2. The summed E-state index contributed by atoms with van der Waals surface area (Å²) in [5.74, 6) is 1.88. The monoisotopic (exact) mass is 1150 g/mol. The highest BCUT2D eigenvalue weighted by Crippen LogP contribution is 2.43. The van der Waals surface area contributed by atoms with Gasteiger partial charge in [0.25, 0.3) is 0 Å². The highest BCUT2D eigenvalue weighted by atomic mass is 31.2. The Morgan fingerprint density at radius 1 is 0.530 bits per heavy atom. The number of carbonyl (C=O) groups excluding carboxylic acids is 2. The Morgan fingerprint density at radius 2 is 0.988 bits per heavy atom. The summed E-state index contributed by atoms with van der Waals surface area (Å²) in [6, 6.07) is 29.9. The van der Waals surface area contributed by atoms with Crippen molar-refractivity contribution in [3.63, 3.8) is 0 Å². The Bertz CT molecular complexity index is 3490. The van der Waals surface area contributed by atoms with E-state index in [1.165, 1.54) is 51.4 Å². The highest BCUT2D eigenvalue weighted by Gasteiger charge is 2.27. The van der Waals surface area contributed by atoms with Gasteiger partial charge >= 0.3 is 19.8 Å². The van der Waals surface area contributed by atoms with Crippen LogP contribution in [-0.4, -0.2) is 109 Å². The Kier molecular flexibility index (Phi) is 22.7. The van der Waals surface area contributed by atoms with Gasteiger partial charge in [0.2, 0.25) is 0 Å². The van der Waals surface area contributed by atoms with Crippen molar-refractivity contribution in [2.75, 3.05) is 46.1 Å². The van der Waals surface area contributed by atoms with E-state index >= 15 is 0 Å². The minimum atomic E-state index is -4.44. The fourth-order valence-corrected chi connectivity index (χ4v) is 11.2. The molecule has 7 aromatic rings. The Morgan fingerprint density at radius 3 is 1.51 bits per heavy atom. The van der Waals surface area contributed by atoms with Gasteiger partial charge in [0.1, 0.15) is 41.6 Å². The first kappa shape index (κ1) is 60.6. The van der Waals surface area contributed by atoms with Crippen LogP contribution in [0.3, 0.4) is 0 Å². The van der Waals surface area contributed by atoms with E-state index in [4.69, 9.17) is 58.9 Å². The number of unbranched alkanes of at least 4 members (excludes halogenated alkanes) is 16. The predicted molar refractivity (Wildman–Crippen MR) is 324 cm³/mol. The average molecular weight is 1150 g/mol. The van der Waals surface area contributed by atoms with Crippen molar-refractivity contribution in [3.8, 4) is 51.3 Å². The van der Waals surface area contributed by atoms with Gasteiger partial charge < -0.3 is 40.1 Å². The minimum absolute atomic E-state index is 0.0248. The molecule has 2 atom stereocenters. The molecule has 20 heteroatoms. The Labute approximate surface area is 485 Å². The largest absolute Gasteiger partial charge is 0.492 e. The molecule has 0 saturated heterocycles. The summed E-state index contributed by atoms with van der Waals surface area (Å²) in [6.45, 7) is 3.26. The van der Waals surface area contributed by atoms with Gasteiger partial charge in [0.15, 0.2) is 29.4 Å². The second-order valence-corrected chi connectivity index (χ2v) is 22.7. The van der Waals surface area contributed by atoms with Crippen LogP contribution in [0.1, 0.15) is 135 Å². The molecule has 83 heavy (non-hydrogen) atoms. The summed E-state index contributed by atoms with van der Waals surface area (Å²) in [6.07, 6.45) is 19.0. The fourth-order valence-electron chi connectivity index (χ4n) is 10.4. The van der Waals surface area contributed by atoms with E-state index in [-0.39, 0.29) is 32.6 Å². The molecule has 4 aromatic carbocycles. The molecule has 0 saturated carbocycles. The standard InChI is InChI=1S/C63H79N10O9P/c1-2-3-4-5-6-7-8-9-10-11-14-17-32-54(74)79-42-45(43-81-83(76,77)80-39-36-64)82-55(75)33-18-15-12-13-16-25-37-65-38-40-78-44-34-35-52-53(41-44)63-72-61-51-31-24-23-30-50(51)59(70-61)68-57-47-27-20-19-26-46(47)56(66-57)67-58-48-28-21-22-29-49(48)60(69-58)71-62(52)73-63/h19-24,26-31,34-35,41,45,65H,2-18,25,32-33,36-40,42-43,64H2,1H3,(H,76,77)(H2,66,67,68,69,70,71,72,73). The van der Waals surface area contributed by atoms with E-state index in [9.17, 15) is 19.0 Å². The minimum Gasteiger partial charge on any atom is -0.492 e. The van der Waals surface area contributed by atoms with Gasteiger partial charge in [-0.3, -0.25) is 18.6 Å². The SMILES string of the molecule is CCCCCCCCCCCCCCC(=O)OCC(COP(=O)(O)OCCN)OC(=O)CCCCCCCCNCCOc1ccc2c(c1)-c1nc-2nc2[nH]c(nc3nc(nc4[nH]c(n1)c1ccccc41)-c1ccccc1-3)c1ccccc21. The molecule has 3 aromatic heterocycles. The van der Waals surface area contributed by atoms with Crippen LogP contribution >= 0.6 is 7.82 Å². The molecule has 440 valence electrons. The second kappa shape index (κ2) is 31.1. The number of phosphoric acid groups is 1. The van der Waals surface area contributed by atoms with Crippen LogP contribution in [0.2, 0.25) is 0 Å². The third-order valence-electron chi connectivity index (χ3n) is 14.8. The summed E-state index contributed by atoms with van der Waals surface area (Å²) < 4.78 is 39.5. The Hall–Kier alpha value is -6.99. The Balaban J connectivity index is 0.720. The molecule has 0 spiro atoms. The lowest BCUT2D eigenvalue weighted by atomic mass is 10.0. The zero-order chi connectivity index (χ0) is 57.6. The molecule has 6 N–H and O–H groups in total. The van der Waals surface area contributed by atoms with Crippen LogP contribution in [0.4, 0.5) is 0 Å². The molecule has 9 rings (SSSR count). The van der Waals surface area contributed by atoms with Crippen LogP contribution < -0.4 is 15.8 Å². The van der Waals surface area contributed by atoms with E-state index in [1.54, 1.807) is 0 Å². The van der Waals surface area contributed by atoms with Crippen LogP contribution in [-0.2, 0) is 32.7 Å². The zero-order valence-electron chi connectivity index (χ0n) is 47.8. The molecule has 0 fully saturated rings. The van der Waals surface area contributed by atoms with Crippen molar-refractivity contribution in [1.82, 2.24) is 45.2 Å². The van der Waals surface area contributed by atoms with Gasteiger partial charge in [-0.2, -0.15) is 0 Å². The first-order chi connectivity index (χ1) is 40.7. The summed E-state index contributed by atoms with van der Waals surface area (Å²) >= 11 is 0. The van der Waals surface area contributed by atoms with Crippen molar-refractivity contribution < 1.29 is 42.3 Å². The third kappa shape index (κ3) is 17.3. The van der Waals surface area contributed by atoms with Crippen molar-refractivity contribution >= 4 is 63.9 Å². The van der Waals surface area contributed by atoms with Crippen LogP contribution in [0.5, 0.6) is 5.75 Å². The molecular formula is C63H79N10O9P.